The molecule has 7 heteroatoms. The van der Waals surface area contributed by atoms with Crippen molar-refractivity contribution in [2.24, 2.45) is 4.99 Å². The Labute approximate surface area is 221 Å². The highest BCUT2D eigenvalue weighted by molar-refractivity contribution is 6.30. The number of hydrogen-bond donors (Lipinski definition) is 1. The first kappa shape index (κ1) is 23.6. The maximum absolute atomic E-state index is 6.24. The van der Waals surface area contributed by atoms with Crippen LogP contribution in [0.1, 0.15) is 18.5 Å². The molecule has 1 fully saturated rings. The summed E-state index contributed by atoms with van der Waals surface area (Å²) in [6, 6.07) is 24.8. The number of aromatic nitrogens is 3. The molecule has 0 unspecified atom stereocenters. The Morgan fingerprint density at radius 1 is 0.946 bits per heavy atom. The molecule has 2 aromatic carbocycles. The van der Waals surface area contributed by atoms with Crippen molar-refractivity contribution in [3.8, 4) is 17.1 Å². The van der Waals surface area contributed by atoms with E-state index in [0.29, 0.717) is 5.02 Å². The van der Waals surface area contributed by atoms with Crippen LogP contribution >= 0.6 is 11.6 Å². The van der Waals surface area contributed by atoms with E-state index in [1.165, 1.54) is 0 Å². The summed E-state index contributed by atoms with van der Waals surface area (Å²) in [5.41, 5.74) is 7.72. The number of aryl methyl sites for hydroxylation is 1. The third-order valence-corrected chi connectivity index (χ3v) is 7.32. The predicted octanol–water partition coefficient (Wildman–Crippen LogP) is 6.23. The molecule has 0 amide bonds. The van der Waals surface area contributed by atoms with Gasteiger partial charge in [-0.05, 0) is 101 Å². The number of piperidine rings is 1. The maximum atomic E-state index is 6.24. The summed E-state index contributed by atoms with van der Waals surface area (Å²) in [5.74, 6) is 0. The smallest absolute Gasteiger partial charge is 0.0900 e. The minimum Gasteiger partial charge on any atom is -0.352 e. The predicted molar refractivity (Wildman–Crippen MR) is 151 cm³/mol. The zero-order valence-corrected chi connectivity index (χ0v) is 21.8. The molecule has 0 saturated carbocycles. The first-order chi connectivity index (χ1) is 18.0. The highest BCUT2D eigenvalue weighted by atomic mass is 35.5. The van der Waals surface area contributed by atoms with E-state index in [4.69, 9.17) is 21.6 Å². The second kappa shape index (κ2) is 9.96. The van der Waals surface area contributed by atoms with Gasteiger partial charge in [0, 0.05) is 16.9 Å². The quantitative estimate of drug-likeness (QED) is 0.292. The molecular formula is C30H29ClN6. The average molecular weight is 509 g/mol. The van der Waals surface area contributed by atoms with Crippen LogP contribution in [0.2, 0.25) is 5.02 Å². The number of para-hydroxylation sites is 2. The van der Waals surface area contributed by atoms with Gasteiger partial charge in [-0.25, -0.2) is 4.98 Å². The fourth-order valence-electron chi connectivity index (χ4n) is 5.00. The molecule has 3 aromatic rings. The Hall–Kier alpha value is -3.74. The number of hydrogen-bond acceptors (Lipinski definition) is 5. The fourth-order valence-corrected chi connectivity index (χ4v) is 5.13. The summed E-state index contributed by atoms with van der Waals surface area (Å²) in [6.45, 7) is 4.13. The van der Waals surface area contributed by atoms with Gasteiger partial charge in [0.1, 0.15) is 0 Å². The van der Waals surface area contributed by atoms with Gasteiger partial charge in [0.05, 0.1) is 50.9 Å². The molecule has 0 atom stereocenters. The van der Waals surface area contributed by atoms with Crippen LogP contribution in [0.3, 0.4) is 0 Å². The third kappa shape index (κ3) is 4.82. The molecule has 1 saturated heterocycles. The zero-order valence-electron chi connectivity index (χ0n) is 21.0. The molecule has 6 rings (SSSR count). The second-order valence-electron chi connectivity index (χ2n) is 9.70. The molecule has 186 valence electrons. The van der Waals surface area contributed by atoms with Crippen molar-refractivity contribution in [3.63, 3.8) is 0 Å². The summed E-state index contributed by atoms with van der Waals surface area (Å²) in [6.07, 6.45) is 3.91. The summed E-state index contributed by atoms with van der Waals surface area (Å²) in [4.78, 5) is 17.2. The van der Waals surface area contributed by atoms with E-state index in [2.05, 4.69) is 51.1 Å². The van der Waals surface area contributed by atoms with Crippen molar-refractivity contribution in [3.05, 3.63) is 95.1 Å². The summed E-state index contributed by atoms with van der Waals surface area (Å²) >= 11 is 6.24. The molecule has 1 aromatic heterocycles. The second-order valence-corrected chi connectivity index (χ2v) is 10.1. The molecule has 0 spiro atoms. The molecule has 37 heavy (non-hydrogen) atoms. The van der Waals surface area contributed by atoms with Crippen molar-refractivity contribution in [2.45, 2.75) is 25.8 Å². The third-order valence-electron chi connectivity index (χ3n) is 7.07. The van der Waals surface area contributed by atoms with Crippen LogP contribution in [0.15, 0.2) is 84.0 Å². The highest BCUT2D eigenvalue weighted by Crippen LogP contribution is 2.31. The topological polar surface area (TPSA) is 58.3 Å². The summed E-state index contributed by atoms with van der Waals surface area (Å²) in [5, 5.41) is 5.26. The van der Waals surface area contributed by atoms with E-state index in [1.54, 1.807) is 0 Å². The molecule has 0 radical (unpaired) electrons. The molecular weight excluding hydrogens is 480 g/mol. The Morgan fingerprint density at radius 3 is 2.51 bits per heavy atom. The van der Waals surface area contributed by atoms with Crippen LogP contribution in [0.4, 0.5) is 11.4 Å². The van der Waals surface area contributed by atoms with Crippen LogP contribution in [0, 0.1) is 6.92 Å². The number of pyridine rings is 1. The van der Waals surface area contributed by atoms with Gasteiger partial charge < -0.3 is 14.8 Å². The minimum absolute atomic E-state index is 0.279. The van der Waals surface area contributed by atoms with Gasteiger partial charge in [0.2, 0.25) is 0 Å². The lowest BCUT2D eigenvalue weighted by molar-refractivity contribution is 0.255. The van der Waals surface area contributed by atoms with Gasteiger partial charge in [-0.15, -0.1) is 0 Å². The zero-order chi connectivity index (χ0) is 25.4. The van der Waals surface area contributed by atoms with Gasteiger partial charge >= 0.3 is 0 Å². The van der Waals surface area contributed by atoms with Crippen LogP contribution in [0.5, 0.6) is 0 Å². The maximum Gasteiger partial charge on any atom is 0.0900 e. The Morgan fingerprint density at radius 2 is 1.73 bits per heavy atom. The molecule has 0 bridgehead atoms. The van der Waals surface area contributed by atoms with Gasteiger partial charge in [-0.3, -0.25) is 9.98 Å². The average Bonchev–Trinajstić information content (AvgIpc) is 2.91. The molecule has 2 aliphatic heterocycles. The van der Waals surface area contributed by atoms with E-state index in [0.717, 1.165) is 76.5 Å². The first-order valence-electron chi connectivity index (χ1n) is 12.7. The van der Waals surface area contributed by atoms with Crippen molar-refractivity contribution in [2.75, 3.05) is 25.5 Å². The van der Waals surface area contributed by atoms with Gasteiger partial charge in [-0.1, -0.05) is 23.7 Å². The van der Waals surface area contributed by atoms with Gasteiger partial charge in [-0.2, -0.15) is 0 Å². The number of anilines is 2. The van der Waals surface area contributed by atoms with Crippen LogP contribution in [0.25, 0.3) is 28.1 Å². The van der Waals surface area contributed by atoms with E-state index in [-0.39, 0.29) is 6.04 Å². The number of fused-ring (bicyclic) bond motifs is 2. The first-order valence-corrected chi connectivity index (χ1v) is 13.1. The highest BCUT2D eigenvalue weighted by Gasteiger charge is 2.19. The Bertz CT molecular complexity index is 1600. The number of likely N-dealkylation sites (tertiary alicyclic amines) is 1. The van der Waals surface area contributed by atoms with E-state index < -0.39 is 0 Å². The fraction of sp³-hybridized carbons (Fsp3) is 0.233. The summed E-state index contributed by atoms with van der Waals surface area (Å²) < 4.78 is 2.25. The number of nitrogens with zero attached hydrogens (tertiary/aromatic N) is 5. The number of nitrogens with one attached hydrogen (secondary N) is 1. The van der Waals surface area contributed by atoms with E-state index >= 15 is 0 Å². The van der Waals surface area contributed by atoms with Gasteiger partial charge in [0.25, 0.3) is 0 Å². The summed E-state index contributed by atoms with van der Waals surface area (Å²) in [7, 11) is 2.18. The van der Waals surface area contributed by atoms with Crippen molar-refractivity contribution >= 4 is 34.0 Å². The number of rotatable bonds is 4. The van der Waals surface area contributed by atoms with Crippen LogP contribution in [-0.2, 0) is 0 Å². The monoisotopic (exact) mass is 508 g/mol. The minimum atomic E-state index is 0.279. The largest absolute Gasteiger partial charge is 0.352 e. The standard InChI is InChI=1S/C30H29ClN6/c1-20-24(7-5-15-32-20)34-26-18-28-30(19-27(26)33-22-13-16-36(2)17-14-22)37(23-11-9-21(31)10-12-23)29-8-4-3-6-25(29)35-28/h3-12,15,18-19,22,34H,13-14,16-17H2,1-2H3. The number of benzene rings is 3. The SMILES string of the molecule is Cc1ncccc1Nc1cc2nc3ccccc3n(-c3ccc(Cl)cc3)c-2cc1=NC1CCN(C)CC1. The molecule has 3 aliphatic rings. The lowest BCUT2D eigenvalue weighted by Crippen LogP contribution is -2.33. The van der Waals surface area contributed by atoms with Crippen LogP contribution in [-0.4, -0.2) is 45.6 Å². The van der Waals surface area contributed by atoms with E-state index in [9.17, 15) is 0 Å². The number of halogens is 1. The van der Waals surface area contributed by atoms with Crippen molar-refractivity contribution < 1.29 is 0 Å². The molecule has 1 aliphatic carbocycles. The lowest BCUT2D eigenvalue weighted by Gasteiger charge is -2.27. The van der Waals surface area contributed by atoms with Gasteiger partial charge in [0.15, 0.2) is 0 Å². The Kier molecular flexibility index (Phi) is 6.37. The Balaban J connectivity index is 1.61. The van der Waals surface area contributed by atoms with Crippen molar-refractivity contribution in [1.29, 1.82) is 0 Å². The molecule has 1 N–H and O–H groups in total. The van der Waals surface area contributed by atoms with Crippen molar-refractivity contribution in [1.82, 2.24) is 19.4 Å². The molecule has 6 nitrogen and oxygen atoms in total. The normalized spacial score (nSPS) is 15.5. The van der Waals surface area contributed by atoms with Crippen LogP contribution < -0.4 is 10.7 Å². The van der Waals surface area contributed by atoms with E-state index in [1.807, 2.05) is 61.7 Å². The lowest BCUT2D eigenvalue weighted by atomic mass is 10.1. The molecule has 3 heterocycles.